The molecule has 1 N–H and O–H groups in total. The van der Waals surface area contributed by atoms with E-state index in [9.17, 15) is 5.11 Å². The highest BCUT2D eigenvalue weighted by Gasteiger charge is 2.18. The highest BCUT2D eigenvalue weighted by Crippen LogP contribution is 2.08. The molecule has 68 valence electrons. The van der Waals surface area contributed by atoms with Gasteiger partial charge in [0.05, 0.1) is 6.07 Å². The van der Waals surface area contributed by atoms with E-state index in [1.165, 1.54) is 14.2 Å². The Kier molecular flexibility index (Phi) is 5.30. The standard InChI is InChI=1S/C8H13NO3/c1-6(5-9)4-7(10)8(11-2)12-3/h7-8,10H,1,4H2,2-3H3. The average Bonchev–Trinajstić information content (AvgIpc) is 2.06. The molecule has 0 heterocycles. The second kappa shape index (κ2) is 5.72. The Labute approximate surface area is 72.0 Å². The summed E-state index contributed by atoms with van der Waals surface area (Å²) in [6.45, 7) is 3.43. The molecule has 1 atom stereocenters. The Hall–Kier alpha value is -0.890. The zero-order valence-electron chi connectivity index (χ0n) is 7.28. The lowest BCUT2D eigenvalue weighted by molar-refractivity contribution is -0.163. The van der Waals surface area contributed by atoms with Gasteiger partial charge in [-0.2, -0.15) is 5.26 Å². The maximum Gasteiger partial charge on any atom is 0.183 e. The van der Waals surface area contributed by atoms with Gasteiger partial charge in [-0.25, -0.2) is 0 Å². The summed E-state index contributed by atoms with van der Waals surface area (Å²) in [4.78, 5) is 0. The minimum atomic E-state index is -0.841. The highest BCUT2D eigenvalue weighted by atomic mass is 16.7. The molecule has 0 saturated heterocycles. The normalized spacial score (nSPS) is 12.6. The minimum Gasteiger partial charge on any atom is -0.387 e. The summed E-state index contributed by atoms with van der Waals surface area (Å²) in [5.41, 5.74) is 0.307. The molecule has 0 fully saturated rings. The maximum absolute atomic E-state index is 9.35. The SMILES string of the molecule is C=C(C#N)CC(O)C(OC)OC. The number of nitriles is 1. The van der Waals surface area contributed by atoms with E-state index in [2.05, 4.69) is 6.58 Å². The molecule has 0 spiro atoms. The smallest absolute Gasteiger partial charge is 0.183 e. The predicted molar refractivity (Wildman–Crippen MR) is 43.2 cm³/mol. The first-order chi connectivity index (χ1) is 5.65. The van der Waals surface area contributed by atoms with Crippen LogP contribution >= 0.6 is 0 Å². The van der Waals surface area contributed by atoms with Crippen molar-refractivity contribution in [3.8, 4) is 6.07 Å². The van der Waals surface area contributed by atoms with E-state index in [1.807, 2.05) is 6.07 Å². The van der Waals surface area contributed by atoms with E-state index in [0.29, 0.717) is 5.57 Å². The molecule has 0 aromatic heterocycles. The Morgan fingerprint density at radius 3 is 2.42 bits per heavy atom. The van der Waals surface area contributed by atoms with Gasteiger partial charge in [-0.15, -0.1) is 0 Å². The number of aliphatic hydroxyl groups is 1. The van der Waals surface area contributed by atoms with E-state index in [4.69, 9.17) is 14.7 Å². The van der Waals surface area contributed by atoms with Gasteiger partial charge in [0, 0.05) is 26.2 Å². The van der Waals surface area contributed by atoms with Crippen LogP contribution in [0.4, 0.5) is 0 Å². The van der Waals surface area contributed by atoms with Gasteiger partial charge in [-0.05, 0) is 0 Å². The molecule has 0 aliphatic rings. The summed E-state index contributed by atoms with van der Waals surface area (Å²) in [6.07, 6.45) is -1.37. The van der Waals surface area contributed by atoms with Gasteiger partial charge in [0.2, 0.25) is 0 Å². The van der Waals surface area contributed by atoms with Crippen LogP contribution in [-0.4, -0.2) is 31.7 Å². The van der Waals surface area contributed by atoms with Gasteiger partial charge in [-0.3, -0.25) is 0 Å². The van der Waals surface area contributed by atoms with Crippen molar-refractivity contribution in [2.24, 2.45) is 0 Å². The first-order valence-electron chi connectivity index (χ1n) is 3.47. The van der Waals surface area contributed by atoms with Crippen LogP contribution in [0.5, 0.6) is 0 Å². The lowest BCUT2D eigenvalue weighted by Crippen LogP contribution is -2.29. The zero-order valence-corrected chi connectivity index (χ0v) is 7.28. The fourth-order valence-electron chi connectivity index (χ4n) is 0.805. The number of hydrogen-bond donors (Lipinski definition) is 1. The number of methoxy groups -OCH3 is 2. The molecule has 4 heteroatoms. The molecule has 0 amide bonds. The summed E-state index contributed by atoms with van der Waals surface area (Å²) in [7, 11) is 2.85. The molecule has 0 aromatic rings. The minimum absolute atomic E-state index is 0.169. The maximum atomic E-state index is 9.35. The topological polar surface area (TPSA) is 62.5 Å². The van der Waals surface area contributed by atoms with E-state index >= 15 is 0 Å². The fraction of sp³-hybridized carbons (Fsp3) is 0.625. The van der Waals surface area contributed by atoms with Gasteiger partial charge in [-0.1, -0.05) is 6.58 Å². The molecule has 0 radical (unpaired) electrons. The van der Waals surface area contributed by atoms with Crippen molar-refractivity contribution in [1.82, 2.24) is 0 Å². The third kappa shape index (κ3) is 3.49. The highest BCUT2D eigenvalue weighted by molar-refractivity contribution is 5.16. The van der Waals surface area contributed by atoms with E-state index in [1.54, 1.807) is 0 Å². The van der Waals surface area contributed by atoms with Crippen LogP contribution in [0.1, 0.15) is 6.42 Å². The molecular weight excluding hydrogens is 158 g/mol. The van der Waals surface area contributed by atoms with E-state index in [0.717, 1.165) is 0 Å². The van der Waals surface area contributed by atoms with Crippen molar-refractivity contribution >= 4 is 0 Å². The van der Waals surface area contributed by atoms with Gasteiger partial charge in [0.25, 0.3) is 0 Å². The average molecular weight is 171 g/mol. The monoisotopic (exact) mass is 171 g/mol. The molecule has 12 heavy (non-hydrogen) atoms. The quantitative estimate of drug-likeness (QED) is 0.481. The van der Waals surface area contributed by atoms with Gasteiger partial charge >= 0.3 is 0 Å². The Bertz CT molecular complexity index is 181. The third-order valence-corrected chi connectivity index (χ3v) is 1.39. The molecule has 0 aromatic carbocycles. The summed E-state index contributed by atoms with van der Waals surface area (Å²) in [5, 5.41) is 17.7. The van der Waals surface area contributed by atoms with Gasteiger partial charge < -0.3 is 14.6 Å². The fourth-order valence-corrected chi connectivity index (χ4v) is 0.805. The summed E-state index contributed by atoms with van der Waals surface area (Å²) < 4.78 is 9.57. The molecule has 0 saturated carbocycles. The molecule has 1 unspecified atom stereocenters. The largest absolute Gasteiger partial charge is 0.387 e. The van der Waals surface area contributed by atoms with Crippen LogP contribution in [0.2, 0.25) is 0 Å². The second-order valence-electron chi connectivity index (χ2n) is 2.33. The number of ether oxygens (including phenoxy) is 2. The number of hydrogen-bond acceptors (Lipinski definition) is 4. The Balaban J connectivity index is 3.93. The molecule has 0 aliphatic heterocycles. The van der Waals surface area contributed by atoms with Crippen molar-refractivity contribution in [2.45, 2.75) is 18.8 Å². The summed E-state index contributed by atoms with van der Waals surface area (Å²) >= 11 is 0. The Morgan fingerprint density at radius 2 is 2.08 bits per heavy atom. The molecule has 0 rings (SSSR count). The summed E-state index contributed by atoms with van der Waals surface area (Å²) in [6, 6.07) is 1.83. The van der Waals surface area contributed by atoms with Crippen LogP contribution in [0.25, 0.3) is 0 Å². The van der Waals surface area contributed by atoms with Gasteiger partial charge in [0.15, 0.2) is 6.29 Å². The van der Waals surface area contributed by atoms with Crippen LogP contribution in [0.15, 0.2) is 12.2 Å². The van der Waals surface area contributed by atoms with Crippen molar-refractivity contribution < 1.29 is 14.6 Å². The zero-order chi connectivity index (χ0) is 9.56. The van der Waals surface area contributed by atoms with Gasteiger partial charge in [0.1, 0.15) is 6.10 Å². The van der Waals surface area contributed by atoms with Crippen molar-refractivity contribution in [2.75, 3.05) is 14.2 Å². The van der Waals surface area contributed by atoms with Crippen molar-refractivity contribution in [3.63, 3.8) is 0 Å². The van der Waals surface area contributed by atoms with Crippen LogP contribution in [0, 0.1) is 11.3 Å². The molecule has 0 aliphatic carbocycles. The van der Waals surface area contributed by atoms with E-state index < -0.39 is 12.4 Å². The van der Waals surface area contributed by atoms with Crippen LogP contribution in [0.3, 0.4) is 0 Å². The summed E-state index contributed by atoms with van der Waals surface area (Å²) in [5.74, 6) is 0. The van der Waals surface area contributed by atoms with Crippen LogP contribution in [-0.2, 0) is 9.47 Å². The molecule has 4 nitrogen and oxygen atoms in total. The van der Waals surface area contributed by atoms with Crippen LogP contribution < -0.4 is 0 Å². The molecular formula is C8H13NO3. The number of rotatable bonds is 5. The predicted octanol–water partition coefficient (Wildman–Crippen LogP) is 0.436. The van der Waals surface area contributed by atoms with E-state index in [-0.39, 0.29) is 6.42 Å². The third-order valence-electron chi connectivity index (χ3n) is 1.39. The first kappa shape index (κ1) is 11.1. The lowest BCUT2D eigenvalue weighted by Gasteiger charge is -2.18. The Morgan fingerprint density at radius 1 is 1.58 bits per heavy atom. The second-order valence-corrected chi connectivity index (χ2v) is 2.33. The molecule has 0 bridgehead atoms. The number of aliphatic hydroxyl groups excluding tert-OH is 1. The first-order valence-corrected chi connectivity index (χ1v) is 3.47. The lowest BCUT2D eigenvalue weighted by atomic mass is 10.1. The van der Waals surface area contributed by atoms with Crippen molar-refractivity contribution in [1.29, 1.82) is 5.26 Å². The number of nitrogens with zero attached hydrogens (tertiary/aromatic N) is 1. The van der Waals surface area contributed by atoms with Crippen molar-refractivity contribution in [3.05, 3.63) is 12.2 Å².